The number of Topliss-reactive ketones (excluding diaryl/α,β-unsaturated/α-hetero) is 2. The molecule has 0 N–H and O–H groups in total. The molecule has 0 spiro atoms. The molecule has 0 fully saturated rings. The molecule has 1 unspecified atom stereocenters. The van der Waals surface area contributed by atoms with Gasteiger partial charge in [0.15, 0.2) is 11.6 Å². The van der Waals surface area contributed by atoms with E-state index < -0.39 is 4.32 Å². The predicted octanol–water partition coefficient (Wildman–Crippen LogP) is 7.37. The van der Waals surface area contributed by atoms with Crippen molar-refractivity contribution in [1.82, 2.24) is 0 Å². The number of halogens is 1. The third-order valence-corrected chi connectivity index (χ3v) is 6.67. The smallest absolute Gasteiger partial charge is 0.179 e. The molecule has 0 aromatic heterocycles. The Morgan fingerprint density at radius 1 is 0.867 bits per heavy atom. The molecule has 0 aliphatic heterocycles. The van der Waals surface area contributed by atoms with Crippen molar-refractivity contribution < 1.29 is 9.59 Å². The van der Waals surface area contributed by atoms with Crippen molar-refractivity contribution in [3.63, 3.8) is 0 Å². The summed E-state index contributed by atoms with van der Waals surface area (Å²) < 4.78 is -0.956. The number of carbonyl (C=O) groups is 2. The number of alkyl halides is 1. The minimum Gasteiger partial charge on any atom is -0.294 e. The monoisotopic (exact) mass is 480 g/mol. The van der Waals surface area contributed by atoms with Crippen LogP contribution >= 0.6 is 27.7 Å². The summed E-state index contributed by atoms with van der Waals surface area (Å²) in [5.74, 6) is -0.108. The SMILES string of the molecule is Cc1cc(C)c(C(=O)CC(C)(Br)C(=O)c2ccc(Sc3ccccc3)cc2)c(C)c1. The minimum absolute atomic E-state index is 0.0195. The molecule has 0 saturated heterocycles. The van der Waals surface area contributed by atoms with Gasteiger partial charge in [0.1, 0.15) is 0 Å². The summed E-state index contributed by atoms with van der Waals surface area (Å²) in [4.78, 5) is 28.4. The van der Waals surface area contributed by atoms with Crippen molar-refractivity contribution in [1.29, 1.82) is 0 Å². The Labute approximate surface area is 191 Å². The van der Waals surface area contributed by atoms with Gasteiger partial charge in [-0.1, -0.05) is 75.7 Å². The topological polar surface area (TPSA) is 34.1 Å². The molecule has 154 valence electrons. The van der Waals surface area contributed by atoms with E-state index in [4.69, 9.17) is 0 Å². The lowest BCUT2D eigenvalue weighted by atomic mass is 9.88. The molecule has 0 heterocycles. The molecule has 1 atom stereocenters. The number of ketones is 2. The molecule has 0 bridgehead atoms. The number of rotatable bonds is 7. The second kappa shape index (κ2) is 9.32. The van der Waals surface area contributed by atoms with Crippen molar-refractivity contribution in [3.05, 3.63) is 94.5 Å². The van der Waals surface area contributed by atoms with Gasteiger partial charge < -0.3 is 0 Å². The van der Waals surface area contributed by atoms with Crippen LogP contribution in [0.1, 0.15) is 50.8 Å². The van der Waals surface area contributed by atoms with Gasteiger partial charge in [-0.25, -0.2) is 0 Å². The average Bonchev–Trinajstić information content (AvgIpc) is 2.67. The first-order valence-corrected chi connectivity index (χ1v) is 11.5. The lowest BCUT2D eigenvalue weighted by Crippen LogP contribution is -2.31. The van der Waals surface area contributed by atoms with Gasteiger partial charge in [-0.3, -0.25) is 9.59 Å². The van der Waals surface area contributed by atoms with Crippen molar-refractivity contribution in [2.45, 2.75) is 48.2 Å². The van der Waals surface area contributed by atoms with E-state index >= 15 is 0 Å². The molecule has 30 heavy (non-hydrogen) atoms. The Hall–Kier alpha value is -2.17. The molecule has 0 saturated carbocycles. The van der Waals surface area contributed by atoms with Gasteiger partial charge in [0.25, 0.3) is 0 Å². The lowest BCUT2D eigenvalue weighted by molar-refractivity contribution is 0.0887. The molecule has 0 amide bonds. The second-order valence-corrected chi connectivity index (χ2v) is 10.7. The Bertz CT molecular complexity index is 1050. The van der Waals surface area contributed by atoms with Crippen LogP contribution in [0, 0.1) is 20.8 Å². The normalized spacial score (nSPS) is 13.0. The van der Waals surface area contributed by atoms with Crippen molar-refractivity contribution >= 4 is 39.3 Å². The maximum Gasteiger partial charge on any atom is 0.179 e. The number of aryl methyl sites for hydroxylation is 3. The molecular formula is C26H25BrO2S. The van der Waals surface area contributed by atoms with Crippen molar-refractivity contribution in [2.24, 2.45) is 0 Å². The molecular weight excluding hydrogens is 456 g/mol. The third kappa shape index (κ3) is 5.30. The molecule has 3 rings (SSSR count). The van der Waals surface area contributed by atoms with Gasteiger partial charge in [0.2, 0.25) is 0 Å². The fraction of sp³-hybridized carbons (Fsp3) is 0.231. The summed E-state index contributed by atoms with van der Waals surface area (Å²) in [7, 11) is 0. The Kier molecular flexibility index (Phi) is 6.99. The van der Waals surface area contributed by atoms with Crippen LogP contribution in [0.25, 0.3) is 0 Å². The number of hydrogen-bond acceptors (Lipinski definition) is 3. The molecule has 0 aliphatic carbocycles. The zero-order chi connectivity index (χ0) is 21.9. The lowest BCUT2D eigenvalue weighted by Gasteiger charge is -2.22. The van der Waals surface area contributed by atoms with Crippen LogP contribution in [0.5, 0.6) is 0 Å². The van der Waals surface area contributed by atoms with E-state index in [2.05, 4.69) is 28.1 Å². The van der Waals surface area contributed by atoms with E-state index in [0.29, 0.717) is 11.1 Å². The predicted molar refractivity (Wildman–Crippen MR) is 128 cm³/mol. The largest absolute Gasteiger partial charge is 0.294 e. The van der Waals surface area contributed by atoms with Crippen LogP contribution in [-0.2, 0) is 0 Å². The molecule has 3 aromatic carbocycles. The zero-order valence-electron chi connectivity index (χ0n) is 17.7. The zero-order valence-corrected chi connectivity index (χ0v) is 20.1. The fourth-order valence-electron chi connectivity index (χ4n) is 3.69. The summed E-state index contributed by atoms with van der Waals surface area (Å²) in [6.07, 6.45) is 0.108. The maximum atomic E-state index is 13.1. The van der Waals surface area contributed by atoms with Crippen LogP contribution in [0.4, 0.5) is 0 Å². The Balaban J connectivity index is 1.74. The summed E-state index contributed by atoms with van der Waals surface area (Å²) in [6, 6.07) is 21.7. The fourth-order valence-corrected chi connectivity index (χ4v) is 5.01. The first-order chi connectivity index (χ1) is 14.2. The van der Waals surface area contributed by atoms with E-state index in [1.54, 1.807) is 18.7 Å². The molecule has 0 radical (unpaired) electrons. The number of hydrogen-bond donors (Lipinski definition) is 0. The van der Waals surface area contributed by atoms with Gasteiger partial charge in [-0.15, -0.1) is 0 Å². The van der Waals surface area contributed by atoms with Crippen LogP contribution in [0.3, 0.4) is 0 Å². The number of benzene rings is 3. The van der Waals surface area contributed by atoms with E-state index in [1.165, 1.54) is 0 Å². The summed E-state index contributed by atoms with van der Waals surface area (Å²) in [5, 5.41) is 0. The first-order valence-electron chi connectivity index (χ1n) is 9.85. The number of carbonyl (C=O) groups excluding carboxylic acids is 2. The average molecular weight is 481 g/mol. The van der Waals surface area contributed by atoms with Gasteiger partial charge in [-0.05, 0) is 63.1 Å². The highest BCUT2D eigenvalue weighted by Crippen LogP contribution is 2.32. The standard InChI is InChI=1S/C26H25BrO2S/c1-17-14-18(2)24(19(3)15-17)23(28)16-26(4,27)25(29)20-10-12-22(13-11-20)30-21-8-6-5-7-9-21/h5-15H,16H2,1-4H3. The highest BCUT2D eigenvalue weighted by molar-refractivity contribution is 9.10. The van der Waals surface area contributed by atoms with E-state index in [-0.39, 0.29) is 18.0 Å². The first kappa shape index (κ1) is 22.5. The van der Waals surface area contributed by atoms with Crippen molar-refractivity contribution in [2.75, 3.05) is 0 Å². The van der Waals surface area contributed by atoms with E-state index in [0.717, 1.165) is 26.5 Å². The van der Waals surface area contributed by atoms with Gasteiger partial charge in [-0.2, -0.15) is 0 Å². The summed E-state index contributed by atoms with van der Waals surface area (Å²) in [6.45, 7) is 7.69. The van der Waals surface area contributed by atoms with Gasteiger partial charge in [0.05, 0.1) is 4.32 Å². The molecule has 2 nitrogen and oxygen atoms in total. The van der Waals surface area contributed by atoms with Crippen LogP contribution < -0.4 is 0 Å². The molecule has 4 heteroatoms. The third-order valence-electron chi connectivity index (χ3n) is 5.02. The Morgan fingerprint density at radius 3 is 1.97 bits per heavy atom. The summed E-state index contributed by atoms with van der Waals surface area (Å²) in [5.41, 5.74) is 4.35. The van der Waals surface area contributed by atoms with E-state index in [9.17, 15) is 9.59 Å². The highest BCUT2D eigenvalue weighted by Gasteiger charge is 2.34. The molecule has 3 aromatic rings. The second-order valence-electron chi connectivity index (χ2n) is 7.84. The highest BCUT2D eigenvalue weighted by atomic mass is 79.9. The van der Waals surface area contributed by atoms with Crippen LogP contribution in [-0.4, -0.2) is 15.9 Å². The summed E-state index contributed by atoms with van der Waals surface area (Å²) >= 11 is 5.19. The van der Waals surface area contributed by atoms with Crippen molar-refractivity contribution in [3.8, 4) is 0 Å². The van der Waals surface area contributed by atoms with Crippen LogP contribution in [0.15, 0.2) is 76.5 Å². The van der Waals surface area contributed by atoms with Crippen LogP contribution in [0.2, 0.25) is 0 Å². The maximum absolute atomic E-state index is 13.1. The quantitative estimate of drug-likeness (QED) is 0.261. The molecule has 0 aliphatic rings. The van der Waals surface area contributed by atoms with Gasteiger partial charge >= 0.3 is 0 Å². The van der Waals surface area contributed by atoms with E-state index in [1.807, 2.05) is 75.4 Å². The Morgan fingerprint density at radius 2 is 1.40 bits per heavy atom. The minimum atomic E-state index is -0.956. The van der Waals surface area contributed by atoms with Gasteiger partial charge in [0, 0.05) is 27.3 Å².